The number of aliphatic imine (C=N–C) groups is 1. The molecule has 1 N–H and O–H groups in total. The first-order valence-electron chi connectivity index (χ1n) is 7.68. The zero-order chi connectivity index (χ0) is 15.0. The van der Waals surface area contributed by atoms with Crippen LogP contribution in [0.1, 0.15) is 34.1 Å². The van der Waals surface area contributed by atoms with Crippen molar-refractivity contribution in [3.05, 3.63) is 0 Å². The molecule has 0 bridgehead atoms. The third-order valence-electron chi connectivity index (χ3n) is 3.64. The third kappa shape index (κ3) is 5.92. The number of nitrogens with zero attached hydrogens (tertiary/aromatic N) is 2. The summed E-state index contributed by atoms with van der Waals surface area (Å²) in [7, 11) is 0. The van der Waals surface area contributed by atoms with Crippen LogP contribution in [0.4, 0.5) is 0 Å². The normalized spacial score (nSPS) is 20.6. The van der Waals surface area contributed by atoms with Crippen molar-refractivity contribution in [2.75, 3.05) is 45.6 Å². The van der Waals surface area contributed by atoms with Crippen molar-refractivity contribution >= 4 is 17.7 Å². The Labute approximate surface area is 128 Å². The van der Waals surface area contributed by atoms with E-state index in [-0.39, 0.29) is 4.75 Å². The number of thioether (sulfide) groups is 1. The summed E-state index contributed by atoms with van der Waals surface area (Å²) in [5, 5.41) is 3.42. The van der Waals surface area contributed by atoms with Crippen LogP contribution in [0.15, 0.2) is 4.99 Å². The van der Waals surface area contributed by atoms with Crippen LogP contribution in [0, 0.1) is 5.92 Å². The number of hydrogen-bond acceptors (Lipinski definition) is 3. The molecule has 0 spiro atoms. The van der Waals surface area contributed by atoms with Crippen molar-refractivity contribution in [1.82, 2.24) is 10.2 Å². The maximum absolute atomic E-state index is 5.55. The first kappa shape index (κ1) is 17.6. The van der Waals surface area contributed by atoms with Crippen molar-refractivity contribution in [1.29, 1.82) is 0 Å². The summed E-state index contributed by atoms with van der Waals surface area (Å²) < 4.78 is 5.75. The number of guanidine groups is 1. The maximum Gasteiger partial charge on any atom is 0.193 e. The monoisotopic (exact) mass is 301 g/mol. The molecule has 1 aliphatic rings. The van der Waals surface area contributed by atoms with Gasteiger partial charge in [-0.25, -0.2) is 0 Å². The third-order valence-corrected chi connectivity index (χ3v) is 4.87. The second kappa shape index (κ2) is 8.78. The second-order valence-corrected chi connectivity index (χ2v) is 7.41. The van der Waals surface area contributed by atoms with E-state index < -0.39 is 0 Å². The Morgan fingerprint density at radius 1 is 1.45 bits per heavy atom. The number of hydrogen-bond donors (Lipinski definition) is 1. The molecule has 0 aromatic carbocycles. The Kier molecular flexibility index (Phi) is 7.74. The highest BCUT2D eigenvalue weighted by molar-refractivity contribution is 7.99. The van der Waals surface area contributed by atoms with E-state index in [4.69, 9.17) is 9.73 Å². The van der Waals surface area contributed by atoms with Crippen molar-refractivity contribution in [2.24, 2.45) is 10.9 Å². The van der Waals surface area contributed by atoms with Crippen LogP contribution in [0.5, 0.6) is 0 Å². The lowest BCUT2D eigenvalue weighted by Gasteiger charge is -2.24. The van der Waals surface area contributed by atoms with Crippen molar-refractivity contribution in [2.45, 2.75) is 38.9 Å². The fourth-order valence-corrected chi connectivity index (χ4v) is 2.39. The minimum absolute atomic E-state index is 0.200. The van der Waals surface area contributed by atoms with Gasteiger partial charge in [-0.2, -0.15) is 11.8 Å². The van der Waals surface area contributed by atoms with Gasteiger partial charge in [0.15, 0.2) is 5.96 Å². The summed E-state index contributed by atoms with van der Waals surface area (Å²) in [6, 6.07) is 0. The van der Waals surface area contributed by atoms with Gasteiger partial charge in [0.1, 0.15) is 0 Å². The molecular weight excluding hydrogens is 270 g/mol. The smallest absolute Gasteiger partial charge is 0.193 e. The lowest BCUT2D eigenvalue weighted by atomic mass is 10.1. The molecule has 1 aliphatic heterocycles. The maximum atomic E-state index is 5.55. The lowest BCUT2D eigenvalue weighted by molar-refractivity contribution is 0.114. The molecule has 4 nitrogen and oxygen atoms in total. The quantitative estimate of drug-likeness (QED) is 0.579. The molecule has 20 heavy (non-hydrogen) atoms. The van der Waals surface area contributed by atoms with Crippen molar-refractivity contribution in [3.8, 4) is 0 Å². The van der Waals surface area contributed by atoms with E-state index in [0.29, 0.717) is 5.92 Å². The average Bonchev–Trinajstić information content (AvgIpc) is 2.90. The van der Waals surface area contributed by atoms with E-state index in [2.05, 4.69) is 44.2 Å². The second-order valence-electron chi connectivity index (χ2n) is 5.89. The molecule has 0 saturated carbocycles. The van der Waals surface area contributed by atoms with Crippen LogP contribution in [-0.4, -0.2) is 61.3 Å². The average molecular weight is 302 g/mol. The summed E-state index contributed by atoms with van der Waals surface area (Å²) in [6.07, 6.45) is 3.35. The van der Waals surface area contributed by atoms with Gasteiger partial charge in [-0.05, 0) is 40.4 Å². The summed E-state index contributed by atoms with van der Waals surface area (Å²) in [5.41, 5.74) is 0. The van der Waals surface area contributed by atoms with Gasteiger partial charge in [0.25, 0.3) is 0 Å². The van der Waals surface area contributed by atoms with Crippen LogP contribution in [-0.2, 0) is 4.74 Å². The van der Waals surface area contributed by atoms with Gasteiger partial charge in [0.05, 0.1) is 13.2 Å². The van der Waals surface area contributed by atoms with Gasteiger partial charge < -0.3 is 15.0 Å². The minimum atomic E-state index is 0.200. The predicted octanol–water partition coefficient (Wildman–Crippen LogP) is 2.45. The fraction of sp³-hybridized carbons (Fsp3) is 0.933. The largest absolute Gasteiger partial charge is 0.381 e. The van der Waals surface area contributed by atoms with E-state index >= 15 is 0 Å². The van der Waals surface area contributed by atoms with Crippen LogP contribution in [0.3, 0.4) is 0 Å². The molecule has 1 saturated heterocycles. The van der Waals surface area contributed by atoms with Crippen LogP contribution >= 0.6 is 11.8 Å². The first-order chi connectivity index (χ1) is 9.52. The highest BCUT2D eigenvalue weighted by Gasteiger charge is 2.25. The summed E-state index contributed by atoms with van der Waals surface area (Å²) in [4.78, 5) is 7.20. The number of rotatable bonds is 7. The van der Waals surface area contributed by atoms with Crippen LogP contribution < -0.4 is 5.32 Å². The molecular formula is C15H31N3OS. The molecule has 0 aromatic rings. The molecule has 0 aliphatic carbocycles. The molecule has 1 atom stereocenters. The molecule has 0 aromatic heterocycles. The standard InChI is InChI=1S/C15H31N3OS/c1-6-16-14(17-12-15(3,4)20-5)18-9-8-13(10-18)11-19-7-2/h13H,6-12H2,1-5H3,(H,16,17). The summed E-state index contributed by atoms with van der Waals surface area (Å²) in [6.45, 7) is 14.3. The molecule has 1 unspecified atom stereocenters. The predicted molar refractivity (Wildman–Crippen MR) is 89.7 cm³/mol. The molecule has 0 radical (unpaired) electrons. The zero-order valence-corrected chi connectivity index (χ0v) is 14.6. The molecule has 1 heterocycles. The number of ether oxygens (including phenoxy) is 1. The van der Waals surface area contributed by atoms with E-state index in [1.165, 1.54) is 6.42 Å². The highest BCUT2D eigenvalue weighted by atomic mass is 32.2. The van der Waals surface area contributed by atoms with E-state index in [0.717, 1.165) is 45.4 Å². The van der Waals surface area contributed by atoms with E-state index in [1.807, 2.05) is 11.8 Å². The van der Waals surface area contributed by atoms with E-state index in [9.17, 15) is 0 Å². The van der Waals surface area contributed by atoms with Crippen LogP contribution in [0.2, 0.25) is 0 Å². The van der Waals surface area contributed by atoms with Crippen molar-refractivity contribution < 1.29 is 4.74 Å². The molecule has 5 heteroatoms. The van der Waals surface area contributed by atoms with Gasteiger partial charge in [-0.1, -0.05) is 0 Å². The SMILES string of the molecule is CCNC(=NCC(C)(C)SC)N1CCC(COCC)C1. The number of nitrogens with one attached hydrogen (secondary N) is 1. The van der Waals surface area contributed by atoms with Gasteiger partial charge in [0.2, 0.25) is 0 Å². The Morgan fingerprint density at radius 2 is 2.20 bits per heavy atom. The van der Waals surface area contributed by atoms with E-state index in [1.54, 1.807) is 0 Å². The summed E-state index contributed by atoms with van der Waals surface area (Å²) >= 11 is 1.87. The molecule has 118 valence electrons. The Hall–Kier alpha value is -0.420. The molecule has 0 amide bonds. The Balaban J connectivity index is 2.56. The Morgan fingerprint density at radius 3 is 2.80 bits per heavy atom. The number of likely N-dealkylation sites (tertiary alicyclic amines) is 1. The van der Waals surface area contributed by atoms with Gasteiger partial charge in [-0.15, -0.1) is 0 Å². The zero-order valence-electron chi connectivity index (χ0n) is 13.7. The minimum Gasteiger partial charge on any atom is -0.381 e. The highest BCUT2D eigenvalue weighted by Crippen LogP contribution is 2.22. The van der Waals surface area contributed by atoms with Crippen LogP contribution in [0.25, 0.3) is 0 Å². The summed E-state index contributed by atoms with van der Waals surface area (Å²) in [5.74, 6) is 1.71. The van der Waals surface area contributed by atoms with Gasteiger partial charge in [0, 0.05) is 36.9 Å². The molecule has 1 rings (SSSR count). The van der Waals surface area contributed by atoms with Gasteiger partial charge in [-0.3, -0.25) is 4.99 Å². The lowest BCUT2D eigenvalue weighted by Crippen LogP contribution is -2.41. The van der Waals surface area contributed by atoms with Crippen molar-refractivity contribution in [3.63, 3.8) is 0 Å². The Bertz CT molecular complexity index is 307. The fourth-order valence-electron chi connectivity index (χ4n) is 2.20. The first-order valence-corrected chi connectivity index (χ1v) is 8.91. The molecule has 1 fully saturated rings. The van der Waals surface area contributed by atoms with Gasteiger partial charge >= 0.3 is 0 Å². The topological polar surface area (TPSA) is 36.9 Å².